The summed E-state index contributed by atoms with van der Waals surface area (Å²) in [6.07, 6.45) is 4.29. The zero-order valence-corrected chi connectivity index (χ0v) is 15.8. The Balaban J connectivity index is 2.53. The van der Waals surface area contributed by atoms with Gasteiger partial charge < -0.3 is 10.2 Å². The van der Waals surface area contributed by atoms with E-state index in [1.165, 1.54) is 0 Å². The van der Waals surface area contributed by atoms with Crippen LogP contribution in [0.3, 0.4) is 0 Å². The summed E-state index contributed by atoms with van der Waals surface area (Å²) in [7, 11) is 0. The summed E-state index contributed by atoms with van der Waals surface area (Å²) in [6.45, 7) is 1.78. The number of Topliss-reactive ketones (excluding diaryl/α,β-unsaturated/α-hetero) is 2. The Morgan fingerprint density at radius 1 is 1.22 bits per heavy atom. The molecule has 0 aromatic heterocycles. The van der Waals surface area contributed by atoms with Crippen molar-refractivity contribution in [3.63, 3.8) is 0 Å². The van der Waals surface area contributed by atoms with Crippen LogP contribution in [0.5, 0.6) is 0 Å². The lowest BCUT2D eigenvalue weighted by atomic mass is 9.86. The van der Waals surface area contributed by atoms with Gasteiger partial charge in [0, 0.05) is 31.6 Å². The molecular weight excluding hydrogens is 358 g/mol. The molecule has 1 unspecified atom stereocenters. The average molecular weight is 388 g/mol. The number of alkyl halides is 2. The van der Waals surface area contributed by atoms with Crippen molar-refractivity contribution in [2.45, 2.75) is 83.2 Å². The SMILES string of the molecule is CCCCC(F)(F)C(=O)CC[C@@H]1C(C/C=C\CCCC(=O)O)C(=O)C[C@H]1O. The highest BCUT2D eigenvalue weighted by molar-refractivity contribution is 5.86. The number of carbonyl (C=O) groups excluding carboxylic acids is 2. The van der Waals surface area contributed by atoms with E-state index in [0.717, 1.165) is 0 Å². The highest BCUT2D eigenvalue weighted by Gasteiger charge is 2.43. The van der Waals surface area contributed by atoms with Gasteiger partial charge in [-0.2, -0.15) is 8.78 Å². The maximum atomic E-state index is 13.8. The molecule has 0 radical (unpaired) electrons. The molecule has 7 heteroatoms. The summed E-state index contributed by atoms with van der Waals surface area (Å²) in [5.74, 6) is -6.42. The van der Waals surface area contributed by atoms with E-state index in [1.54, 1.807) is 19.1 Å². The molecule has 5 nitrogen and oxygen atoms in total. The molecule has 27 heavy (non-hydrogen) atoms. The van der Waals surface area contributed by atoms with Crippen molar-refractivity contribution in [1.82, 2.24) is 0 Å². The highest BCUT2D eigenvalue weighted by atomic mass is 19.3. The predicted molar refractivity (Wildman–Crippen MR) is 96.6 cm³/mol. The van der Waals surface area contributed by atoms with Crippen molar-refractivity contribution in [3.8, 4) is 0 Å². The lowest BCUT2D eigenvalue weighted by molar-refractivity contribution is -0.144. The number of unbranched alkanes of at least 4 members (excludes halogenated alkanes) is 2. The number of carbonyl (C=O) groups is 3. The molecular formula is C20H30F2O5. The van der Waals surface area contributed by atoms with Crippen LogP contribution in [0.15, 0.2) is 12.2 Å². The number of aliphatic carboxylic acids is 1. The number of ketones is 2. The van der Waals surface area contributed by atoms with E-state index in [0.29, 0.717) is 25.7 Å². The lowest BCUT2D eigenvalue weighted by Gasteiger charge is -2.21. The number of rotatable bonds is 13. The summed E-state index contributed by atoms with van der Waals surface area (Å²) >= 11 is 0. The quantitative estimate of drug-likeness (QED) is 0.368. The Bertz CT molecular complexity index is 544. The molecule has 1 fully saturated rings. The van der Waals surface area contributed by atoms with Gasteiger partial charge in [0.05, 0.1) is 6.10 Å². The summed E-state index contributed by atoms with van der Waals surface area (Å²) < 4.78 is 27.6. The van der Waals surface area contributed by atoms with Gasteiger partial charge in [-0.15, -0.1) is 0 Å². The van der Waals surface area contributed by atoms with E-state index >= 15 is 0 Å². The van der Waals surface area contributed by atoms with Crippen LogP contribution in [0.1, 0.15) is 71.1 Å². The van der Waals surface area contributed by atoms with Gasteiger partial charge in [0.15, 0.2) is 0 Å². The van der Waals surface area contributed by atoms with Crippen molar-refractivity contribution < 1.29 is 33.4 Å². The van der Waals surface area contributed by atoms with Crippen LogP contribution in [0, 0.1) is 11.8 Å². The molecule has 0 saturated heterocycles. The molecule has 0 bridgehead atoms. The molecule has 0 heterocycles. The minimum atomic E-state index is -3.34. The van der Waals surface area contributed by atoms with Crippen LogP contribution in [0.25, 0.3) is 0 Å². The first-order chi connectivity index (χ1) is 12.7. The number of halogens is 2. The molecule has 0 aliphatic heterocycles. The molecule has 1 aliphatic carbocycles. The Hall–Kier alpha value is -1.63. The Labute approximate surface area is 158 Å². The maximum absolute atomic E-state index is 13.8. The third-order valence-electron chi connectivity index (χ3n) is 5.11. The number of carboxylic acid groups (broad SMARTS) is 1. The molecule has 1 aliphatic rings. The maximum Gasteiger partial charge on any atom is 0.305 e. The summed E-state index contributed by atoms with van der Waals surface area (Å²) in [5.41, 5.74) is 0. The largest absolute Gasteiger partial charge is 0.481 e. The third-order valence-corrected chi connectivity index (χ3v) is 5.11. The molecule has 0 spiro atoms. The number of aliphatic hydroxyl groups is 1. The fourth-order valence-electron chi connectivity index (χ4n) is 3.47. The van der Waals surface area contributed by atoms with Crippen molar-refractivity contribution >= 4 is 17.5 Å². The second-order valence-corrected chi connectivity index (χ2v) is 7.27. The van der Waals surface area contributed by atoms with Crippen LogP contribution < -0.4 is 0 Å². The van der Waals surface area contributed by atoms with Gasteiger partial charge >= 0.3 is 11.9 Å². The molecule has 0 aromatic carbocycles. The number of aliphatic hydroxyl groups excluding tert-OH is 1. The van der Waals surface area contributed by atoms with Crippen molar-refractivity contribution in [2.24, 2.45) is 11.8 Å². The van der Waals surface area contributed by atoms with Gasteiger partial charge in [-0.25, -0.2) is 0 Å². The molecule has 1 rings (SSSR count). The number of hydrogen-bond donors (Lipinski definition) is 2. The predicted octanol–water partition coefficient (Wildman–Crippen LogP) is 3.93. The first kappa shape index (κ1) is 23.4. The fraction of sp³-hybridized carbons (Fsp3) is 0.750. The zero-order valence-electron chi connectivity index (χ0n) is 15.8. The van der Waals surface area contributed by atoms with Crippen LogP contribution in [-0.4, -0.2) is 39.8 Å². The first-order valence-corrected chi connectivity index (χ1v) is 9.67. The molecule has 3 atom stereocenters. The number of allylic oxidation sites excluding steroid dienone is 2. The van der Waals surface area contributed by atoms with E-state index in [-0.39, 0.29) is 37.9 Å². The topological polar surface area (TPSA) is 91.7 Å². The number of carboxylic acids is 1. The van der Waals surface area contributed by atoms with Gasteiger partial charge in [0.1, 0.15) is 5.78 Å². The van der Waals surface area contributed by atoms with Crippen LogP contribution in [0.2, 0.25) is 0 Å². The van der Waals surface area contributed by atoms with E-state index in [2.05, 4.69) is 0 Å². The highest BCUT2D eigenvalue weighted by Crippen LogP contribution is 2.36. The zero-order chi connectivity index (χ0) is 20.4. The van der Waals surface area contributed by atoms with Crippen LogP contribution in [-0.2, 0) is 14.4 Å². The first-order valence-electron chi connectivity index (χ1n) is 9.67. The average Bonchev–Trinajstić information content (AvgIpc) is 2.86. The van der Waals surface area contributed by atoms with E-state index < -0.39 is 42.0 Å². The van der Waals surface area contributed by atoms with E-state index in [4.69, 9.17) is 5.11 Å². The van der Waals surface area contributed by atoms with Gasteiger partial charge in [0.2, 0.25) is 5.78 Å². The van der Waals surface area contributed by atoms with Crippen molar-refractivity contribution in [1.29, 1.82) is 0 Å². The smallest absolute Gasteiger partial charge is 0.305 e. The van der Waals surface area contributed by atoms with Crippen molar-refractivity contribution in [2.75, 3.05) is 0 Å². The minimum Gasteiger partial charge on any atom is -0.481 e. The van der Waals surface area contributed by atoms with Crippen LogP contribution >= 0.6 is 0 Å². The summed E-state index contributed by atoms with van der Waals surface area (Å²) in [4.78, 5) is 34.4. The molecule has 154 valence electrons. The van der Waals surface area contributed by atoms with Gasteiger partial charge in [-0.1, -0.05) is 25.5 Å². The standard InChI is InChI=1S/C20H30F2O5/c1-2-3-12-20(21,22)18(25)11-10-15-14(16(23)13-17(15)24)8-6-4-5-7-9-19(26)27/h4,6,14-15,17,24H,2-3,5,7-13H2,1H3,(H,26,27)/b6-4-/t14?,15-,17-/m1/s1. The molecule has 2 N–H and O–H groups in total. The van der Waals surface area contributed by atoms with Gasteiger partial charge in [-0.3, -0.25) is 14.4 Å². The Morgan fingerprint density at radius 2 is 1.93 bits per heavy atom. The number of hydrogen-bond acceptors (Lipinski definition) is 4. The third kappa shape index (κ3) is 7.87. The van der Waals surface area contributed by atoms with Crippen LogP contribution in [0.4, 0.5) is 8.78 Å². The summed E-state index contributed by atoms with van der Waals surface area (Å²) in [6, 6.07) is 0. The fourth-order valence-corrected chi connectivity index (χ4v) is 3.47. The minimum absolute atomic E-state index is 0.0113. The Kier molecular flexibility index (Phi) is 9.77. The second-order valence-electron chi connectivity index (χ2n) is 7.27. The Morgan fingerprint density at radius 3 is 2.56 bits per heavy atom. The van der Waals surface area contributed by atoms with E-state index in [1.807, 2.05) is 0 Å². The normalized spacial score (nSPS) is 23.3. The molecule has 0 aromatic rings. The summed E-state index contributed by atoms with van der Waals surface area (Å²) in [5, 5.41) is 18.7. The molecule has 1 saturated carbocycles. The van der Waals surface area contributed by atoms with Gasteiger partial charge in [0.25, 0.3) is 0 Å². The second kappa shape index (κ2) is 11.3. The van der Waals surface area contributed by atoms with E-state index in [9.17, 15) is 28.3 Å². The van der Waals surface area contributed by atoms with Crippen molar-refractivity contribution in [3.05, 3.63) is 12.2 Å². The van der Waals surface area contributed by atoms with Gasteiger partial charge in [-0.05, 0) is 38.0 Å². The molecule has 0 amide bonds. The monoisotopic (exact) mass is 388 g/mol. The lowest BCUT2D eigenvalue weighted by Crippen LogP contribution is -2.30.